The zero-order valence-corrected chi connectivity index (χ0v) is 25.4. The first-order valence-corrected chi connectivity index (χ1v) is 14.4. The van der Waals surface area contributed by atoms with Crippen molar-refractivity contribution >= 4 is 51.7 Å². The summed E-state index contributed by atoms with van der Waals surface area (Å²) < 4.78 is 19.7. The number of aryl methyl sites for hydroxylation is 1. The molecule has 1 aliphatic rings. The minimum absolute atomic E-state index is 0.0762. The third-order valence-electron chi connectivity index (χ3n) is 6.58. The van der Waals surface area contributed by atoms with Gasteiger partial charge in [0.1, 0.15) is 23.3 Å². The number of thiazole rings is 1. The second kappa shape index (κ2) is 11.4. The molecule has 0 saturated heterocycles. The van der Waals surface area contributed by atoms with Gasteiger partial charge in [-0.2, -0.15) is 0 Å². The maximum absolute atomic E-state index is 13.9. The number of halogens is 1. The molecular weight excluding hydrogens is 661 g/mol. The number of hydrogen-bond donors (Lipinski definition) is 0. The molecule has 10 nitrogen and oxygen atoms in total. The fourth-order valence-electron chi connectivity index (χ4n) is 4.62. The van der Waals surface area contributed by atoms with Gasteiger partial charge in [0.15, 0.2) is 4.80 Å². The zero-order valence-electron chi connectivity index (χ0n) is 22.5. The number of hydrogen-bond acceptors (Lipinski definition) is 9. The number of nitro benzene ring substituents is 1. The molecule has 210 valence electrons. The molecule has 2 aromatic heterocycles. The van der Waals surface area contributed by atoms with Crippen molar-refractivity contribution in [1.29, 1.82) is 0 Å². The molecule has 0 N–H and O–H groups in total. The molecule has 0 bridgehead atoms. The van der Waals surface area contributed by atoms with Gasteiger partial charge in [-0.3, -0.25) is 19.5 Å². The zero-order chi connectivity index (χ0) is 29.4. The molecular formula is C29H24IN3O7S. The van der Waals surface area contributed by atoms with Crippen LogP contribution in [0.15, 0.2) is 74.0 Å². The minimum Gasteiger partial charge on any atom is -0.496 e. The second-order valence-electron chi connectivity index (χ2n) is 9.15. The summed E-state index contributed by atoms with van der Waals surface area (Å²) in [4.78, 5) is 42.9. The number of methoxy groups -OCH3 is 1. The van der Waals surface area contributed by atoms with Crippen LogP contribution in [0.1, 0.15) is 36.8 Å². The summed E-state index contributed by atoms with van der Waals surface area (Å²) in [5.74, 6) is 0.789. The Labute approximate surface area is 251 Å². The van der Waals surface area contributed by atoms with E-state index in [0.717, 1.165) is 20.4 Å². The van der Waals surface area contributed by atoms with Gasteiger partial charge in [-0.05, 0) is 84.8 Å². The van der Waals surface area contributed by atoms with Crippen molar-refractivity contribution in [3.05, 3.63) is 110 Å². The number of ether oxygens (including phenoxy) is 2. The number of benzene rings is 2. The summed E-state index contributed by atoms with van der Waals surface area (Å²) in [6.45, 7) is 5.35. The molecule has 3 heterocycles. The van der Waals surface area contributed by atoms with Crippen molar-refractivity contribution in [3.8, 4) is 17.1 Å². The normalized spacial score (nSPS) is 15.0. The van der Waals surface area contributed by atoms with Crippen molar-refractivity contribution in [2.45, 2.75) is 26.8 Å². The highest BCUT2D eigenvalue weighted by Crippen LogP contribution is 2.36. The molecule has 0 amide bonds. The number of nitrogens with zero attached hydrogens (tertiary/aromatic N) is 3. The van der Waals surface area contributed by atoms with Gasteiger partial charge in [-0.15, -0.1) is 0 Å². The van der Waals surface area contributed by atoms with Crippen LogP contribution < -0.4 is 19.6 Å². The Morgan fingerprint density at radius 2 is 2.00 bits per heavy atom. The van der Waals surface area contributed by atoms with Crippen LogP contribution in [-0.4, -0.2) is 29.2 Å². The van der Waals surface area contributed by atoms with Gasteiger partial charge in [0.25, 0.3) is 11.2 Å². The molecule has 12 heteroatoms. The highest BCUT2D eigenvalue weighted by molar-refractivity contribution is 14.1. The first kappa shape index (κ1) is 28.5. The lowest BCUT2D eigenvalue weighted by molar-refractivity contribution is -0.384. The van der Waals surface area contributed by atoms with Crippen molar-refractivity contribution < 1.29 is 23.6 Å². The highest BCUT2D eigenvalue weighted by Gasteiger charge is 2.35. The molecule has 0 unspecified atom stereocenters. The Morgan fingerprint density at radius 1 is 1.22 bits per heavy atom. The molecule has 0 radical (unpaired) electrons. The van der Waals surface area contributed by atoms with Gasteiger partial charge >= 0.3 is 5.97 Å². The summed E-state index contributed by atoms with van der Waals surface area (Å²) >= 11 is 3.37. The summed E-state index contributed by atoms with van der Waals surface area (Å²) in [5.41, 5.74) is 2.28. The molecule has 0 aliphatic carbocycles. The SMILES string of the molecule is CCOC(=O)C1=C(C)N=c2s/c(=C\c3ccc(OC)c(I)c3)c(=O)n2[C@H]1c1ccc(-c2cc([N+](=O)[O-])ccc2C)o1. The predicted molar refractivity (Wildman–Crippen MR) is 162 cm³/mol. The largest absolute Gasteiger partial charge is 0.496 e. The van der Waals surface area contributed by atoms with E-state index in [9.17, 15) is 19.7 Å². The first-order valence-electron chi connectivity index (χ1n) is 12.5. The number of nitro groups is 1. The number of non-ortho nitro benzene ring substituents is 1. The highest BCUT2D eigenvalue weighted by atomic mass is 127. The molecule has 1 aliphatic heterocycles. The van der Waals surface area contributed by atoms with E-state index in [2.05, 4.69) is 27.6 Å². The Kier molecular flexibility index (Phi) is 7.95. The first-order chi connectivity index (χ1) is 19.6. The van der Waals surface area contributed by atoms with Crippen LogP contribution >= 0.6 is 33.9 Å². The lowest BCUT2D eigenvalue weighted by Gasteiger charge is -2.22. The average molecular weight is 685 g/mol. The summed E-state index contributed by atoms with van der Waals surface area (Å²) in [6.07, 6.45) is 1.77. The van der Waals surface area contributed by atoms with Gasteiger partial charge in [-0.1, -0.05) is 23.5 Å². The number of furan rings is 1. The third-order valence-corrected chi connectivity index (χ3v) is 8.41. The topological polar surface area (TPSA) is 126 Å². The van der Waals surface area contributed by atoms with Crippen molar-refractivity contribution in [1.82, 2.24) is 4.57 Å². The maximum atomic E-state index is 13.9. The minimum atomic E-state index is -0.948. The van der Waals surface area contributed by atoms with Crippen molar-refractivity contribution in [2.75, 3.05) is 13.7 Å². The summed E-state index contributed by atoms with van der Waals surface area (Å²) in [7, 11) is 1.60. The van der Waals surface area contributed by atoms with E-state index >= 15 is 0 Å². The molecule has 1 atom stereocenters. The van der Waals surface area contributed by atoms with Gasteiger partial charge < -0.3 is 13.9 Å². The Bertz CT molecular complexity index is 1920. The molecule has 0 saturated carbocycles. The number of fused-ring (bicyclic) bond motifs is 1. The molecule has 4 aromatic rings. The molecule has 5 rings (SSSR count). The Hall–Kier alpha value is -4.04. The maximum Gasteiger partial charge on any atom is 0.338 e. The molecule has 41 heavy (non-hydrogen) atoms. The van der Waals surface area contributed by atoms with E-state index in [0.29, 0.717) is 32.1 Å². The van der Waals surface area contributed by atoms with Crippen molar-refractivity contribution in [3.63, 3.8) is 0 Å². The predicted octanol–water partition coefficient (Wildman–Crippen LogP) is 4.89. The van der Waals surface area contributed by atoms with E-state index in [1.54, 1.807) is 45.2 Å². The number of carbonyl (C=O) groups is 1. The van der Waals surface area contributed by atoms with Crippen LogP contribution in [0.2, 0.25) is 0 Å². The van der Waals surface area contributed by atoms with E-state index in [4.69, 9.17) is 13.9 Å². The number of esters is 1. The molecule has 2 aromatic carbocycles. The summed E-state index contributed by atoms with van der Waals surface area (Å²) in [5, 5.41) is 11.4. The third kappa shape index (κ3) is 5.36. The van der Waals surface area contributed by atoms with Crippen LogP contribution in [0, 0.1) is 20.6 Å². The lowest BCUT2D eigenvalue weighted by Crippen LogP contribution is -2.39. The van der Waals surface area contributed by atoms with E-state index in [1.165, 1.54) is 28.0 Å². The van der Waals surface area contributed by atoms with Gasteiger partial charge in [0.05, 0.1) is 38.0 Å². The van der Waals surface area contributed by atoms with Crippen LogP contribution in [0.5, 0.6) is 5.75 Å². The average Bonchev–Trinajstić information content (AvgIpc) is 3.53. The van der Waals surface area contributed by atoms with Crippen LogP contribution in [0.4, 0.5) is 5.69 Å². The van der Waals surface area contributed by atoms with Gasteiger partial charge in [0.2, 0.25) is 0 Å². The Morgan fingerprint density at radius 3 is 2.68 bits per heavy atom. The van der Waals surface area contributed by atoms with E-state index in [-0.39, 0.29) is 23.4 Å². The number of allylic oxidation sites excluding steroid dienone is 1. The lowest BCUT2D eigenvalue weighted by atomic mass is 10.0. The van der Waals surface area contributed by atoms with Crippen LogP contribution in [0.25, 0.3) is 17.4 Å². The number of carbonyl (C=O) groups excluding carboxylic acids is 1. The van der Waals surface area contributed by atoms with Crippen molar-refractivity contribution in [2.24, 2.45) is 4.99 Å². The van der Waals surface area contributed by atoms with E-state index < -0.39 is 16.9 Å². The van der Waals surface area contributed by atoms with Crippen LogP contribution in [0.3, 0.4) is 0 Å². The van der Waals surface area contributed by atoms with Gasteiger partial charge in [0, 0.05) is 17.7 Å². The van der Waals surface area contributed by atoms with Crippen LogP contribution in [-0.2, 0) is 9.53 Å². The number of rotatable bonds is 7. The van der Waals surface area contributed by atoms with Gasteiger partial charge in [-0.25, -0.2) is 9.79 Å². The Balaban J connectivity index is 1.68. The second-order valence-corrected chi connectivity index (χ2v) is 11.3. The fraction of sp³-hybridized carbons (Fsp3) is 0.207. The monoisotopic (exact) mass is 685 g/mol. The smallest absolute Gasteiger partial charge is 0.338 e. The van der Waals surface area contributed by atoms with E-state index in [1.807, 2.05) is 25.1 Å². The standard InChI is InChI=1S/C29H24IN3O7S/c1-5-39-28(35)25-16(3)31-29-32(27(34)24(41-29)13-17-7-9-22(38-4)20(30)12-17)26(25)23-11-10-21(40-23)19-14-18(33(36)37)8-6-15(19)2/h6-14,26H,5H2,1-4H3/b24-13-/t26-/m0/s1. The summed E-state index contributed by atoms with van der Waals surface area (Å²) in [6, 6.07) is 12.5. The fourth-order valence-corrected chi connectivity index (χ4v) is 6.42. The molecule has 0 fully saturated rings. The molecule has 0 spiro atoms. The number of aromatic nitrogens is 1. The quantitative estimate of drug-likeness (QED) is 0.117.